The number of methoxy groups -OCH3 is 1. The molecule has 0 aliphatic rings. The number of carbonyl (C=O) groups excluding carboxylic acids is 1. The summed E-state index contributed by atoms with van der Waals surface area (Å²) in [7, 11) is 1.59. The molecule has 1 amide bonds. The third-order valence-corrected chi connectivity index (χ3v) is 5.33. The first-order chi connectivity index (χ1) is 13.8. The Morgan fingerprint density at radius 2 is 1.97 bits per heavy atom. The predicted octanol–water partition coefficient (Wildman–Crippen LogP) is 5.65. The van der Waals surface area contributed by atoms with Crippen molar-refractivity contribution >= 4 is 38.7 Å². The number of nitrogens with zero attached hydrogens (tertiary/aromatic N) is 1. The SMILES string of the molecule is CCOc1ccc(/C=C/C(=O)Nc2nc3ccc(C(C)(C)C)cc3s2)cc1OC. The number of aromatic nitrogens is 1. The minimum Gasteiger partial charge on any atom is -0.493 e. The van der Waals surface area contributed by atoms with Gasteiger partial charge in [0.25, 0.3) is 0 Å². The Bertz CT molecular complexity index is 1050. The number of ether oxygens (including phenoxy) is 2. The highest BCUT2D eigenvalue weighted by Crippen LogP contribution is 2.31. The number of hydrogen-bond donors (Lipinski definition) is 1. The second kappa shape index (κ2) is 8.66. The van der Waals surface area contributed by atoms with Gasteiger partial charge in [0.1, 0.15) is 0 Å². The topological polar surface area (TPSA) is 60.5 Å². The fourth-order valence-electron chi connectivity index (χ4n) is 2.83. The van der Waals surface area contributed by atoms with Crippen molar-refractivity contribution in [3.8, 4) is 11.5 Å². The highest BCUT2D eigenvalue weighted by Gasteiger charge is 2.15. The number of hydrogen-bond acceptors (Lipinski definition) is 5. The van der Waals surface area contributed by atoms with Crippen LogP contribution in [0.15, 0.2) is 42.5 Å². The predicted molar refractivity (Wildman–Crippen MR) is 120 cm³/mol. The van der Waals surface area contributed by atoms with E-state index in [0.717, 1.165) is 15.8 Å². The molecular formula is C23H26N2O3S. The van der Waals surface area contributed by atoms with Crippen LogP contribution in [0, 0.1) is 0 Å². The van der Waals surface area contributed by atoms with Gasteiger partial charge in [0.05, 0.1) is 23.9 Å². The van der Waals surface area contributed by atoms with Crippen molar-refractivity contribution in [2.45, 2.75) is 33.1 Å². The summed E-state index contributed by atoms with van der Waals surface area (Å²) < 4.78 is 11.9. The molecular weight excluding hydrogens is 384 g/mol. The van der Waals surface area contributed by atoms with Crippen molar-refractivity contribution in [2.75, 3.05) is 19.0 Å². The van der Waals surface area contributed by atoms with Gasteiger partial charge >= 0.3 is 0 Å². The lowest BCUT2D eigenvalue weighted by molar-refractivity contribution is -0.111. The average molecular weight is 411 g/mol. The largest absolute Gasteiger partial charge is 0.493 e. The van der Waals surface area contributed by atoms with Gasteiger partial charge in [-0.25, -0.2) is 4.98 Å². The lowest BCUT2D eigenvalue weighted by Crippen LogP contribution is -2.10. The summed E-state index contributed by atoms with van der Waals surface area (Å²) in [5, 5.41) is 3.43. The molecule has 29 heavy (non-hydrogen) atoms. The van der Waals surface area contributed by atoms with Crippen LogP contribution in [-0.2, 0) is 10.2 Å². The second-order valence-corrected chi connectivity index (χ2v) is 8.65. The Balaban J connectivity index is 1.72. The quantitative estimate of drug-likeness (QED) is 0.533. The van der Waals surface area contributed by atoms with E-state index in [2.05, 4.69) is 43.2 Å². The van der Waals surface area contributed by atoms with Crippen LogP contribution in [-0.4, -0.2) is 24.6 Å². The molecule has 0 fully saturated rings. The van der Waals surface area contributed by atoms with Gasteiger partial charge in [-0.05, 0) is 53.8 Å². The molecule has 0 aliphatic heterocycles. The lowest BCUT2D eigenvalue weighted by Gasteiger charge is -2.18. The van der Waals surface area contributed by atoms with Gasteiger partial charge in [-0.3, -0.25) is 10.1 Å². The monoisotopic (exact) mass is 410 g/mol. The summed E-state index contributed by atoms with van der Waals surface area (Å²) in [5.41, 5.74) is 3.05. The Labute approximate surface area is 175 Å². The number of fused-ring (bicyclic) bond motifs is 1. The van der Waals surface area contributed by atoms with Crippen LogP contribution in [0.3, 0.4) is 0 Å². The number of amides is 1. The third-order valence-electron chi connectivity index (χ3n) is 4.40. The van der Waals surface area contributed by atoms with Crippen molar-refractivity contribution in [2.24, 2.45) is 0 Å². The van der Waals surface area contributed by atoms with Gasteiger partial charge < -0.3 is 9.47 Å². The van der Waals surface area contributed by atoms with Crippen molar-refractivity contribution in [3.63, 3.8) is 0 Å². The summed E-state index contributed by atoms with van der Waals surface area (Å²) in [4.78, 5) is 16.8. The standard InChI is InChI=1S/C23H26N2O3S/c1-6-28-18-11-7-15(13-19(18)27-5)8-12-21(26)25-22-24-17-10-9-16(23(2,3)4)14-20(17)29-22/h7-14H,6H2,1-5H3,(H,24,25,26)/b12-8+. The van der Waals surface area contributed by atoms with Crippen LogP contribution in [0.5, 0.6) is 11.5 Å². The van der Waals surface area contributed by atoms with Crippen LogP contribution >= 0.6 is 11.3 Å². The first kappa shape index (κ1) is 20.9. The minimum atomic E-state index is -0.229. The van der Waals surface area contributed by atoms with E-state index in [0.29, 0.717) is 23.2 Å². The van der Waals surface area contributed by atoms with Gasteiger partial charge in [0.2, 0.25) is 5.91 Å². The number of nitrogens with one attached hydrogen (secondary N) is 1. The number of thiazole rings is 1. The normalized spacial score (nSPS) is 11.8. The van der Waals surface area contributed by atoms with E-state index in [4.69, 9.17) is 9.47 Å². The van der Waals surface area contributed by atoms with Crippen LogP contribution in [0.25, 0.3) is 16.3 Å². The smallest absolute Gasteiger partial charge is 0.250 e. The summed E-state index contributed by atoms with van der Waals surface area (Å²) in [6.07, 6.45) is 3.22. The van der Waals surface area contributed by atoms with Crippen LogP contribution in [0.1, 0.15) is 38.8 Å². The Morgan fingerprint density at radius 1 is 1.17 bits per heavy atom. The molecule has 0 aliphatic carbocycles. The first-order valence-corrected chi connectivity index (χ1v) is 10.3. The molecule has 0 saturated carbocycles. The molecule has 3 rings (SSSR count). The van der Waals surface area contributed by atoms with E-state index >= 15 is 0 Å². The molecule has 1 aromatic heterocycles. The highest BCUT2D eigenvalue weighted by atomic mass is 32.1. The van der Waals surface area contributed by atoms with E-state index in [1.807, 2.05) is 31.2 Å². The molecule has 3 aromatic rings. The maximum Gasteiger partial charge on any atom is 0.250 e. The lowest BCUT2D eigenvalue weighted by atomic mass is 9.87. The van der Waals surface area contributed by atoms with Gasteiger partial charge in [0, 0.05) is 6.08 Å². The van der Waals surface area contributed by atoms with E-state index < -0.39 is 0 Å². The zero-order chi connectivity index (χ0) is 21.0. The van der Waals surface area contributed by atoms with Crippen LogP contribution in [0.2, 0.25) is 0 Å². The van der Waals surface area contributed by atoms with Crippen molar-refractivity contribution in [1.29, 1.82) is 0 Å². The Hall–Kier alpha value is -2.86. The van der Waals surface area contributed by atoms with Crippen LogP contribution in [0.4, 0.5) is 5.13 Å². The first-order valence-electron chi connectivity index (χ1n) is 9.51. The Kier molecular flexibility index (Phi) is 6.23. The molecule has 0 radical (unpaired) electrons. The maximum absolute atomic E-state index is 12.3. The summed E-state index contributed by atoms with van der Waals surface area (Å²) in [6, 6.07) is 11.8. The van der Waals surface area contributed by atoms with Crippen molar-refractivity contribution in [1.82, 2.24) is 4.98 Å². The fourth-order valence-corrected chi connectivity index (χ4v) is 3.73. The molecule has 2 aromatic carbocycles. The van der Waals surface area contributed by atoms with E-state index in [9.17, 15) is 4.79 Å². The molecule has 6 heteroatoms. The van der Waals surface area contributed by atoms with Crippen molar-refractivity contribution < 1.29 is 14.3 Å². The van der Waals surface area contributed by atoms with E-state index in [1.165, 1.54) is 23.0 Å². The zero-order valence-corrected chi connectivity index (χ0v) is 18.2. The zero-order valence-electron chi connectivity index (χ0n) is 17.4. The van der Waals surface area contributed by atoms with Gasteiger partial charge in [-0.2, -0.15) is 0 Å². The fraction of sp³-hybridized carbons (Fsp3) is 0.304. The molecule has 0 unspecified atom stereocenters. The summed E-state index contributed by atoms with van der Waals surface area (Å²) in [5.74, 6) is 1.09. The molecule has 5 nitrogen and oxygen atoms in total. The molecule has 0 saturated heterocycles. The van der Waals surface area contributed by atoms with Crippen molar-refractivity contribution in [3.05, 3.63) is 53.6 Å². The van der Waals surface area contributed by atoms with Gasteiger partial charge in [0.15, 0.2) is 16.6 Å². The Morgan fingerprint density at radius 3 is 2.66 bits per heavy atom. The number of rotatable bonds is 6. The summed E-state index contributed by atoms with van der Waals surface area (Å²) in [6.45, 7) is 9.02. The molecule has 0 bridgehead atoms. The number of carbonyl (C=O) groups is 1. The third kappa shape index (κ3) is 5.15. The van der Waals surface area contributed by atoms with E-state index in [1.54, 1.807) is 13.2 Å². The highest BCUT2D eigenvalue weighted by molar-refractivity contribution is 7.22. The second-order valence-electron chi connectivity index (χ2n) is 7.62. The number of anilines is 1. The molecule has 152 valence electrons. The van der Waals surface area contributed by atoms with Gasteiger partial charge in [-0.1, -0.05) is 44.2 Å². The van der Waals surface area contributed by atoms with E-state index in [-0.39, 0.29) is 11.3 Å². The number of benzene rings is 2. The molecule has 1 heterocycles. The molecule has 0 spiro atoms. The van der Waals surface area contributed by atoms with Crippen LogP contribution < -0.4 is 14.8 Å². The minimum absolute atomic E-state index is 0.0725. The van der Waals surface area contributed by atoms with Gasteiger partial charge in [-0.15, -0.1) is 0 Å². The summed E-state index contributed by atoms with van der Waals surface area (Å²) >= 11 is 1.48. The average Bonchev–Trinajstić information content (AvgIpc) is 3.08. The molecule has 0 atom stereocenters. The molecule has 1 N–H and O–H groups in total. The maximum atomic E-state index is 12.3.